The van der Waals surface area contributed by atoms with Gasteiger partial charge in [-0.25, -0.2) is 0 Å². The average Bonchev–Trinajstić information content (AvgIpc) is 2.95. The van der Waals surface area contributed by atoms with Crippen LogP contribution in [-0.2, 0) is 14.4 Å². The first-order valence-electron chi connectivity index (χ1n) is 7.40. The first kappa shape index (κ1) is 24.5. The number of carbonyl (C=O) groups is 3. The molecule has 1 aliphatic heterocycles. The summed E-state index contributed by atoms with van der Waals surface area (Å²) in [6, 6.07) is -1.26. The van der Waals surface area contributed by atoms with Gasteiger partial charge in [0.15, 0.2) is 0 Å². The van der Waals surface area contributed by atoms with Crippen LogP contribution >= 0.6 is 0 Å². The summed E-state index contributed by atoms with van der Waals surface area (Å²) in [6.07, 6.45) is 2.01. The molecule has 1 saturated heterocycles. The maximum absolute atomic E-state index is 10.2. The van der Waals surface area contributed by atoms with Crippen molar-refractivity contribution in [1.29, 1.82) is 0 Å². The summed E-state index contributed by atoms with van der Waals surface area (Å²) in [5.41, 5.74) is 15.0. The van der Waals surface area contributed by atoms with E-state index in [9.17, 15) is 14.4 Å². The molecule has 11 nitrogen and oxygen atoms in total. The molecular weight excluding hydrogens is 324 g/mol. The average molecular weight is 352 g/mol. The first-order valence-corrected chi connectivity index (χ1v) is 7.40. The monoisotopic (exact) mass is 352 g/mol. The predicted octanol–water partition coefficient (Wildman–Crippen LogP) is -2.65. The maximum Gasteiger partial charge on any atom is 0.320 e. The van der Waals surface area contributed by atoms with Crippen molar-refractivity contribution >= 4 is 17.9 Å². The number of carboxylic acid groups (broad SMARTS) is 3. The lowest BCUT2D eigenvalue weighted by molar-refractivity contribution is -0.139. The Morgan fingerprint density at radius 1 is 1.12 bits per heavy atom. The molecule has 1 unspecified atom stereocenters. The van der Waals surface area contributed by atoms with Crippen molar-refractivity contribution in [1.82, 2.24) is 5.32 Å². The van der Waals surface area contributed by atoms with E-state index in [0.29, 0.717) is 25.9 Å². The fourth-order valence-corrected chi connectivity index (χ4v) is 1.54. The highest BCUT2D eigenvalue weighted by atomic mass is 16.4. The number of hydrogen-bond acceptors (Lipinski definition) is 8. The molecule has 3 atom stereocenters. The van der Waals surface area contributed by atoms with E-state index in [1.54, 1.807) is 0 Å². The van der Waals surface area contributed by atoms with E-state index in [0.717, 1.165) is 12.8 Å². The van der Waals surface area contributed by atoms with Crippen LogP contribution in [0.5, 0.6) is 0 Å². The van der Waals surface area contributed by atoms with Crippen LogP contribution in [0.3, 0.4) is 0 Å². The Balaban J connectivity index is 0. The Morgan fingerprint density at radius 3 is 1.92 bits per heavy atom. The van der Waals surface area contributed by atoms with E-state index < -0.39 is 36.1 Å². The molecule has 0 spiro atoms. The highest BCUT2D eigenvalue weighted by Gasteiger charge is 2.27. The van der Waals surface area contributed by atoms with Crippen molar-refractivity contribution in [2.45, 2.75) is 43.9 Å². The van der Waals surface area contributed by atoms with E-state index in [1.165, 1.54) is 0 Å². The standard InChI is InChI=1S/C6H14N2O2.C5H9NO3.C2H5NO2/c7-4-2-1-3-5(8)6(9)10;7-3-1-4(5(8)9)6-2-3;3-1-2(4)5/h5H,1-4,7-8H2,(H,9,10);3-4,6-7H,1-2H2,(H,8,9);1,3H2,(H,4,5)/t;3-,4+;/m.1./s1. The van der Waals surface area contributed by atoms with Gasteiger partial charge in [-0.05, 0) is 19.4 Å². The zero-order chi connectivity index (χ0) is 19.1. The molecule has 0 radical (unpaired) electrons. The van der Waals surface area contributed by atoms with Crippen LogP contribution in [0.1, 0.15) is 25.7 Å². The minimum Gasteiger partial charge on any atom is -0.480 e. The van der Waals surface area contributed by atoms with E-state index >= 15 is 0 Å². The minimum absolute atomic E-state index is 0.278. The van der Waals surface area contributed by atoms with Gasteiger partial charge in [-0.2, -0.15) is 0 Å². The summed E-state index contributed by atoms with van der Waals surface area (Å²) < 4.78 is 0. The number of carboxylic acids is 3. The molecule has 1 aliphatic rings. The van der Waals surface area contributed by atoms with Gasteiger partial charge in [0.25, 0.3) is 0 Å². The summed E-state index contributed by atoms with van der Waals surface area (Å²) in [5, 5.41) is 35.8. The number of aliphatic carboxylic acids is 3. The van der Waals surface area contributed by atoms with Gasteiger partial charge in [0, 0.05) is 13.0 Å². The van der Waals surface area contributed by atoms with Crippen molar-refractivity contribution in [3.05, 3.63) is 0 Å². The lowest BCUT2D eigenvalue weighted by atomic mass is 10.1. The molecule has 1 rings (SSSR count). The van der Waals surface area contributed by atoms with Crippen LogP contribution in [-0.4, -0.2) is 76.2 Å². The second-order valence-corrected chi connectivity index (χ2v) is 5.02. The number of β-amino-alcohol motifs (C(OH)–C–C–N with tert-alkyl or cyclic N) is 1. The van der Waals surface area contributed by atoms with Gasteiger partial charge in [-0.3, -0.25) is 14.4 Å². The smallest absolute Gasteiger partial charge is 0.320 e. The molecule has 24 heavy (non-hydrogen) atoms. The molecule has 1 fully saturated rings. The predicted molar refractivity (Wildman–Crippen MR) is 85.3 cm³/mol. The molecule has 0 aromatic carbocycles. The van der Waals surface area contributed by atoms with Gasteiger partial charge in [-0.1, -0.05) is 6.42 Å². The van der Waals surface area contributed by atoms with Crippen LogP contribution in [0, 0.1) is 0 Å². The van der Waals surface area contributed by atoms with Crippen LogP contribution < -0.4 is 22.5 Å². The Morgan fingerprint density at radius 2 is 1.67 bits per heavy atom. The lowest BCUT2D eigenvalue weighted by Gasteiger charge is -2.03. The molecule has 1 heterocycles. The highest BCUT2D eigenvalue weighted by molar-refractivity contribution is 5.74. The molecule has 11 N–H and O–H groups in total. The zero-order valence-electron chi connectivity index (χ0n) is 13.4. The third-order valence-electron chi connectivity index (χ3n) is 2.87. The topological polar surface area (TPSA) is 222 Å². The van der Waals surface area contributed by atoms with Crippen molar-refractivity contribution in [3.8, 4) is 0 Å². The molecule has 0 aliphatic carbocycles. The summed E-state index contributed by atoms with van der Waals surface area (Å²) in [5.74, 6) is -2.78. The molecule has 0 amide bonds. The maximum atomic E-state index is 10.2. The SMILES string of the molecule is NCC(=O)O.NCCCCC(N)C(=O)O.O=C(O)[C@@H]1C[C@@H](O)CN1. The highest BCUT2D eigenvalue weighted by Crippen LogP contribution is 2.05. The second kappa shape index (κ2) is 14.8. The van der Waals surface area contributed by atoms with Crippen LogP contribution in [0.2, 0.25) is 0 Å². The van der Waals surface area contributed by atoms with Gasteiger partial charge in [0.05, 0.1) is 12.6 Å². The normalized spacial score (nSPS) is 20.0. The largest absolute Gasteiger partial charge is 0.480 e. The Bertz CT molecular complexity index is 381. The molecule has 0 bridgehead atoms. The van der Waals surface area contributed by atoms with Gasteiger partial charge in [0.1, 0.15) is 12.1 Å². The first-order chi connectivity index (χ1) is 11.1. The molecule has 0 saturated carbocycles. The summed E-state index contributed by atoms with van der Waals surface area (Å²) in [6.45, 7) is 0.726. The van der Waals surface area contributed by atoms with Crippen LogP contribution in [0.25, 0.3) is 0 Å². The van der Waals surface area contributed by atoms with Gasteiger partial charge in [0.2, 0.25) is 0 Å². The van der Waals surface area contributed by atoms with Crippen LogP contribution in [0.4, 0.5) is 0 Å². The van der Waals surface area contributed by atoms with Gasteiger partial charge in [-0.15, -0.1) is 0 Å². The quantitative estimate of drug-likeness (QED) is 0.221. The Kier molecular flexibility index (Phi) is 15.1. The fourth-order valence-electron chi connectivity index (χ4n) is 1.54. The Labute approximate surface area is 139 Å². The number of rotatable bonds is 7. The van der Waals surface area contributed by atoms with Crippen molar-refractivity contribution in [2.75, 3.05) is 19.6 Å². The van der Waals surface area contributed by atoms with Gasteiger partial charge < -0.3 is 42.9 Å². The molecule has 142 valence electrons. The number of unbranched alkanes of at least 4 members (excludes halogenated alkanes) is 1. The van der Waals surface area contributed by atoms with Crippen molar-refractivity contribution in [2.24, 2.45) is 17.2 Å². The minimum atomic E-state index is -0.968. The molecule has 0 aromatic rings. The summed E-state index contributed by atoms with van der Waals surface area (Å²) >= 11 is 0. The second-order valence-electron chi connectivity index (χ2n) is 5.02. The van der Waals surface area contributed by atoms with Crippen molar-refractivity contribution in [3.63, 3.8) is 0 Å². The Hall–Kier alpha value is -1.79. The van der Waals surface area contributed by atoms with E-state index in [2.05, 4.69) is 11.1 Å². The molecular formula is C13H28N4O7. The van der Waals surface area contributed by atoms with E-state index in [1.807, 2.05) is 0 Å². The fraction of sp³-hybridized carbons (Fsp3) is 0.769. The third-order valence-corrected chi connectivity index (χ3v) is 2.87. The van der Waals surface area contributed by atoms with E-state index in [-0.39, 0.29) is 6.54 Å². The number of nitrogens with two attached hydrogens (primary N) is 3. The number of aliphatic hydroxyl groups excluding tert-OH is 1. The van der Waals surface area contributed by atoms with E-state index in [4.69, 9.17) is 31.9 Å². The molecule has 11 heteroatoms. The number of hydrogen-bond donors (Lipinski definition) is 8. The van der Waals surface area contributed by atoms with Crippen molar-refractivity contribution < 1.29 is 34.8 Å². The lowest BCUT2D eigenvalue weighted by Crippen LogP contribution is -2.29. The number of nitrogens with one attached hydrogen (secondary N) is 1. The summed E-state index contributed by atoms with van der Waals surface area (Å²) in [7, 11) is 0. The zero-order valence-corrected chi connectivity index (χ0v) is 13.4. The molecule has 0 aromatic heterocycles. The van der Waals surface area contributed by atoms with Crippen LogP contribution in [0.15, 0.2) is 0 Å². The third kappa shape index (κ3) is 15.1. The summed E-state index contributed by atoms with van der Waals surface area (Å²) in [4.78, 5) is 29.6. The number of aliphatic hydroxyl groups is 1. The van der Waals surface area contributed by atoms with Gasteiger partial charge >= 0.3 is 17.9 Å².